The van der Waals surface area contributed by atoms with Crippen molar-refractivity contribution in [1.82, 2.24) is 9.55 Å². The van der Waals surface area contributed by atoms with Gasteiger partial charge in [-0.05, 0) is 30.5 Å². The Bertz CT molecular complexity index is 597. The number of aliphatic carboxylic acids is 1. The summed E-state index contributed by atoms with van der Waals surface area (Å²) in [6, 6.07) is 5.72. The first kappa shape index (κ1) is 13.6. The topological polar surface area (TPSA) is 55.1 Å². The quantitative estimate of drug-likeness (QED) is 0.898. The number of imidazole rings is 1. The van der Waals surface area contributed by atoms with E-state index in [0.717, 1.165) is 35.3 Å². The Balaban J connectivity index is 2.47. The van der Waals surface area contributed by atoms with Crippen molar-refractivity contribution in [2.24, 2.45) is 7.05 Å². The van der Waals surface area contributed by atoms with Crippen LogP contribution in [0, 0.1) is 0 Å². The van der Waals surface area contributed by atoms with E-state index in [1.54, 1.807) is 0 Å². The SMILES string of the molecule is CCC(CC)c1nc2cc(CC(=O)O)ccc2n1C. The van der Waals surface area contributed by atoms with Gasteiger partial charge in [-0.2, -0.15) is 0 Å². The van der Waals surface area contributed by atoms with Crippen LogP contribution >= 0.6 is 0 Å². The second-order valence-corrected chi connectivity index (χ2v) is 4.94. The summed E-state index contributed by atoms with van der Waals surface area (Å²) in [4.78, 5) is 15.4. The lowest BCUT2D eigenvalue weighted by Gasteiger charge is -2.11. The molecule has 0 spiro atoms. The maximum absolute atomic E-state index is 10.8. The molecule has 4 nitrogen and oxygen atoms in total. The van der Waals surface area contributed by atoms with Crippen LogP contribution in [0.15, 0.2) is 18.2 Å². The number of nitrogens with zero attached hydrogens (tertiary/aromatic N) is 2. The van der Waals surface area contributed by atoms with Crippen LogP contribution < -0.4 is 0 Å². The molecule has 0 saturated heterocycles. The van der Waals surface area contributed by atoms with Gasteiger partial charge >= 0.3 is 5.97 Å². The number of benzene rings is 1. The standard InChI is InChI=1S/C15H20N2O2/c1-4-11(5-2)15-16-12-8-10(9-14(18)19)6-7-13(12)17(15)3/h6-8,11H,4-5,9H2,1-3H3,(H,18,19). The van der Waals surface area contributed by atoms with E-state index < -0.39 is 5.97 Å². The average molecular weight is 260 g/mol. The molecule has 0 fully saturated rings. The van der Waals surface area contributed by atoms with Gasteiger partial charge in [0.1, 0.15) is 5.82 Å². The second-order valence-electron chi connectivity index (χ2n) is 4.94. The molecule has 1 aromatic carbocycles. The first-order valence-electron chi connectivity index (χ1n) is 6.73. The molecule has 4 heteroatoms. The number of carboxylic acids is 1. The third-order valence-corrected chi connectivity index (χ3v) is 3.69. The van der Waals surface area contributed by atoms with Crippen LogP contribution in [0.4, 0.5) is 0 Å². The Labute approximate surface area is 113 Å². The molecular formula is C15H20N2O2. The van der Waals surface area contributed by atoms with Gasteiger partial charge in [0.05, 0.1) is 17.5 Å². The van der Waals surface area contributed by atoms with E-state index in [-0.39, 0.29) is 6.42 Å². The zero-order valence-corrected chi connectivity index (χ0v) is 11.7. The van der Waals surface area contributed by atoms with Gasteiger partial charge in [-0.3, -0.25) is 4.79 Å². The number of carbonyl (C=O) groups is 1. The van der Waals surface area contributed by atoms with Gasteiger partial charge in [0.15, 0.2) is 0 Å². The minimum absolute atomic E-state index is 0.0484. The van der Waals surface area contributed by atoms with Crippen LogP contribution in [0.25, 0.3) is 11.0 Å². The van der Waals surface area contributed by atoms with Gasteiger partial charge < -0.3 is 9.67 Å². The van der Waals surface area contributed by atoms with E-state index in [0.29, 0.717) is 5.92 Å². The van der Waals surface area contributed by atoms with Crippen molar-refractivity contribution in [3.8, 4) is 0 Å². The molecule has 1 N–H and O–H groups in total. The van der Waals surface area contributed by atoms with Crippen molar-refractivity contribution in [2.75, 3.05) is 0 Å². The van der Waals surface area contributed by atoms with Crippen LogP contribution in [0.5, 0.6) is 0 Å². The van der Waals surface area contributed by atoms with Crippen molar-refractivity contribution in [2.45, 2.75) is 39.0 Å². The van der Waals surface area contributed by atoms with Gasteiger partial charge in [-0.15, -0.1) is 0 Å². The Kier molecular flexibility index (Phi) is 3.88. The highest BCUT2D eigenvalue weighted by molar-refractivity contribution is 5.79. The highest BCUT2D eigenvalue weighted by Gasteiger charge is 2.15. The highest BCUT2D eigenvalue weighted by atomic mass is 16.4. The molecule has 1 heterocycles. The summed E-state index contributed by atoms with van der Waals surface area (Å²) in [5.74, 6) is 0.739. The molecular weight excluding hydrogens is 240 g/mol. The maximum Gasteiger partial charge on any atom is 0.307 e. The molecule has 0 atom stereocenters. The number of aromatic nitrogens is 2. The first-order valence-corrected chi connectivity index (χ1v) is 6.73. The number of carboxylic acid groups (broad SMARTS) is 1. The zero-order valence-electron chi connectivity index (χ0n) is 11.7. The maximum atomic E-state index is 10.8. The smallest absolute Gasteiger partial charge is 0.307 e. The normalized spacial score (nSPS) is 11.4. The Morgan fingerprint density at radius 2 is 2.05 bits per heavy atom. The lowest BCUT2D eigenvalue weighted by molar-refractivity contribution is -0.136. The largest absolute Gasteiger partial charge is 0.481 e. The zero-order chi connectivity index (χ0) is 14.0. The predicted molar refractivity (Wildman–Crippen MR) is 75.4 cm³/mol. The summed E-state index contributed by atoms with van der Waals surface area (Å²) in [6.07, 6.45) is 2.18. The molecule has 0 aliphatic rings. The molecule has 102 valence electrons. The van der Waals surface area contributed by atoms with Gasteiger partial charge in [-0.25, -0.2) is 4.98 Å². The van der Waals surface area contributed by atoms with Gasteiger partial charge in [0.25, 0.3) is 0 Å². The molecule has 0 radical (unpaired) electrons. The molecule has 0 aliphatic heterocycles. The van der Waals surface area contributed by atoms with Crippen molar-refractivity contribution in [3.63, 3.8) is 0 Å². The number of hydrogen-bond acceptors (Lipinski definition) is 2. The molecule has 1 aromatic heterocycles. The van der Waals surface area contributed by atoms with Crippen molar-refractivity contribution >= 4 is 17.0 Å². The van der Waals surface area contributed by atoms with Crippen molar-refractivity contribution in [3.05, 3.63) is 29.6 Å². The van der Waals surface area contributed by atoms with Gasteiger partial charge in [0, 0.05) is 13.0 Å². The fourth-order valence-electron chi connectivity index (χ4n) is 2.57. The monoisotopic (exact) mass is 260 g/mol. The first-order chi connectivity index (χ1) is 9.06. The third-order valence-electron chi connectivity index (χ3n) is 3.69. The minimum Gasteiger partial charge on any atom is -0.481 e. The van der Waals surface area contributed by atoms with E-state index in [1.165, 1.54) is 0 Å². The molecule has 0 saturated carbocycles. The number of fused-ring (bicyclic) bond motifs is 1. The average Bonchev–Trinajstić information content (AvgIpc) is 2.68. The molecule has 2 rings (SSSR count). The lowest BCUT2D eigenvalue weighted by atomic mass is 10.0. The van der Waals surface area contributed by atoms with Crippen LogP contribution in [0.2, 0.25) is 0 Å². The number of rotatable bonds is 5. The van der Waals surface area contributed by atoms with E-state index >= 15 is 0 Å². The van der Waals surface area contributed by atoms with Crippen molar-refractivity contribution < 1.29 is 9.90 Å². The molecule has 2 aromatic rings. The molecule has 0 amide bonds. The summed E-state index contributed by atoms with van der Waals surface area (Å²) in [5.41, 5.74) is 2.76. The summed E-state index contributed by atoms with van der Waals surface area (Å²) in [5, 5.41) is 8.84. The fourth-order valence-corrected chi connectivity index (χ4v) is 2.57. The Hall–Kier alpha value is -1.84. The van der Waals surface area contributed by atoms with E-state index in [2.05, 4.69) is 18.4 Å². The Morgan fingerprint density at radius 3 is 2.63 bits per heavy atom. The van der Waals surface area contributed by atoms with E-state index in [9.17, 15) is 4.79 Å². The van der Waals surface area contributed by atoms with Crippen LogP contribution in [-0.4, -0.2) is 20.6 Å². The fraction of sp³-hybridized carbons (Fsp3) is 0.467. The van der Waals surface area contributed by atoms with Gasteiger partial charge in [-0.1, -0.05) is 19.9 Å². The second kappa shape index (κ2) is 5.43. The number of aryl methyl sites for hydroxylation is 1. The summed E-state index contributed by atoms with van der Waals surface area (Å²) < 4.78 is 2.12. The summed E-state index contributed by atoms with van der Waals surface area (Å²) in [7, 11) is 2.03. The molecule has 0 aliphatic carbocycles. The van der Waals surface area contributed by atoms with Crippen LogP contribution in [0.1, 0.15) is 44.0 Å². The van der Waals surface area contributed by atoms with E-state index in [4.69, 9.17) is 10.1 Å². The predicted octanol–water partition coefficient (Wildman–Crippen LogP) is 3.10. The van der Waals surface area contributed by atoms with E-state index in [1.807, 2.05) is 25.2 Å². The highest BCUT2D eigenvalue weighted by Crippen LogP contribution is 2.26. The van der Waals surface area contributed by atoms with Crippen molar-refractivity contribution in [1.29, 1.82) is 0 Å². The third kappa shape index (κ3) is 2.62. The summed E-state index contributed by atoms with van der Waals surface area (Å²) >= 11 is 0. The van der Waals surface area contributed by atoms with Gasteiger partial charge in [0.2, 0.25) is 0 Å². The Morgan fingerprint density at radius 1 is 1.37 bits per heavy atom. The van der Waals surface area contributed by atoms with Crippen LogP contribution in [-0.2, 0) is 18.3 Å². The minimum atomic E-state index is -0.810. The number of hydrogen-bond donors (Lipinski definition) is 1. The summed E-state index contributed by atoms with van der Waals surface area (Å²) in [6.45, 7) is 4.34. The molecule has 0 bridgehead atoms. The molecule has 19 heavy (non-hydrogen) atoms. The van der Waals surface area contributed by atoms with Crippen LogP contribution in [0.3, 0.4) is 0 Å². The molecule has 0 unspecified atom stereocenters. The lowest BCUT2D eigenvalue weighted by Crippen LogP contribution is -2.04.